The number of hydrazine groups is 1. The van der Waals surface area contributed by atoms with Crippen molar-refractivity contribution in [3.05, 3.63) is 29.6 Å². The molecule has 0 saturated carbocycles. The molecule has 1 unspecified atom stereocenters. The molecule has 7 heteroatoms. The molecule has 1 rings (SSSR count). The summed E-state index contributed by atoms with van der Waals surface area (Å²) in [6.45, 7) is 0. The van der Waals surface area contributed by atoms with Crippen LogP contribution in [-0.4, -0.2) is 19.3 Å². The molecule has 0 spiro atoms. The molecule has 1 atom stereocenters. The summed E-state index contributed by atoms with van der Waals surface area (Å²) in [6, 6.07) is 3.87. The highest BCUT2D eigenvalue weighted by atomic mass is 19.4. The van der Waals surface area contributed by atoms with Gasteiger partial charge in [0.2, 0.25) is 0 Å². The van der Waals surface area contributed by atoms with Gasteiger partial charge in [0.25, 0.3) is 0 Å². The molecule has 19 heavy (non-hydrogen) atoms. The van der Waals surface area contributed by atoms with E-state index in [2.05, 4.69) is 5.43 Å². The van der Waals surface area contributed by atoms with Gasteiger partial charge in [0.05, 0.1) is 7.11 Å². The van der Waals surface area contributed by atoms with Gasteiger partial charge in [-0.05, 0) is 24.5 Å². The molecule has 0 heterocycles. The van der Waals surface area contributed by atoms with E-state index in [1.165, 1.54) is 19.2 Å². The molecular formula is C12H16F4N2O. The molecule has 0 fully saturated rings. The number of alkyl halides is 3. The minimum atomic E-state index is -4.25. The number of benzene rings is 1. The third kappa shape index (κ3) is 5.04. The summed E-state index contributed by atoms with van der Waals surface area (Å²) in [4.78, 5) is 0. The number of rotatable bonds is 6. The van der Waals surface area contributed by atoms with Crippen LogP contribution in [0.2, 0.25) is 0 Å². The van der Waals surface area contributed by atoms with Crippen LogP contribution >= 0.6 is 0 Å². The lowest BCUT2D eigenvalue weighted by Crippen LogP contribution is -2.37. The fourth-order valence-electron chi connectivity index (χ4n) is 1.72. The minimum Gasteiger partial charge on any atom is -0.494 e. The second-order valence-electron chi connectivity index (χ2n) is 4.15. The van der Waals surface area contributed by atoms with Gasteiger partial charge in [-0.15, -0.1) is 0 Å². The standard InChI is InChI=1S/C12H16F4N2O/c1-19-10-4-2-3-8(11(10)13)7-9(18-17)5-6-12(14,15)16/h2-4,9,18H,5-7,17H2,1H3. The van der Waals surface area contributed by atoms with Crippen LogP contribution in [0.1, 0.15) is 18.4 Å². The monoisotopic (exact) mass is 280 g/mol. The smallest absolute Gasteiger partial charge is 0.389 e. The van der Waals surface area contributed by atoms with Crippen molar-refractivity contribution in [1.82, 2.24) is 5.43 Å². The Morgan fingerprint density at radius 2 is 2.05 bits per heavy atom. The molecule has 1 aromatic rings. The van der Waals surface area contributed by atoms with E-state index in [9.17, 15) is 17.6 Å². The van der Waals surface area contributed by atoms with E-state index in [-0.39, 0.29) is 24.2 Å². The predicted molar refractivity (Wildman–Crippen MR) is 63.1 cm³/mol. The van der Waals surface area contributed by atoms with Crippen molar-refractivity contribution in [3.63, 3.8) is 0 Å². The first-order chi connectivity index (χ1) is 8.87. The summed E-state index contributed by atoms with van der Waals surface area (Å²) >= 11 is 0. The predicted octanol–water partition coefficient (Wildman–Crippen LogP) is 2.55. The zero-order chi connectivity index (χ0) is 14.5. The summed E-state index contributed by atoms with van der Waals surface area (Å²) in [5, 5.41) is 0. The second kappa shape index (κ2) is 6.72. The van der Waals surface area contributed by atoms with Crippen LogP contribution in [0, 0.1) is 5.82 Å². The summed E-state index contributed by atoms with van der Waals surface area (Å²) in [5.41, 5.74) is 2.55. The lowest BCUT2D eigenvalue weighted by molar-refractivity contribution is -0.136. The Morgan fingerprint density at radius 1 is 1.37 bits per heavy atom. The summed E-state index contributed by atoms with van der Waals surface area (Å²) < 4.78 is 55.0. The molecule has 1 aromatic carbocycles. The third-order valence-corrected chi connectivity index (χ3v) is 2.74. The molecule has 0 radical (unpaired) electrons. The fourth-order valence-corrected chi connectivity index (χ4v) is 1.72. The number of hydrogen-bond donors (Lipinski definition) is 2. The maximum absolute atomic E-state index is 13.8. The number of methoxy groups -OCH3 is 1. The SMILES string of the molecule is COc1cccc(CC(CCC(F)(F)F)NN)c1F. The van der Waals surface area contributed by atoms with Crippen molar-refractivity contribution < 1.29 is 22.3 Å². The number of nitrogens with one attached hydrogen (secondary N) is 1. The van der Waals surface area contributed by atoms with Gasteiger partial charge in [-0.1, -0.05) is 12.1 Å². The first-order valence-corrected chi connectivity index (χ1v) is 5.71. The number of ether oxygens (including phenoxy) is 1. The van der Waals surface area contributed by atoms with Gasteiger partial charge >= 0.3 is 6.18 Å². The van der Waals surface area contributed by atoms with Crippen LogP contribution in [0.3, 0.4) is 0 Å². The zero-order valence-electron chi connectivity index (χ0n) is 10.4. The van der Waals surface area contributed by atoms with Gasteiger partial charge in [0, 0.05) is 12.5 Å². The largest absolute Gasteiger partial charge is 0.494 e. The van der Waals surface area contributed by atoms with Crippen molar-refractivity contribution in [2.75, 3.05) is 7.11 Å². The van der Waals surface area contributed by atoms with Crippen LogP contribution in [0.25, 0.3) is 0 Å². The van der Waals surface area contributed by atoms with Crippen LogP contribution in [0.15, 0.2) is 18.2 Å². The molecule has 0 aliphatic heterocycles. The van der Waals surface area contributed by atoms with E-state index in [0.717, 1.165) is 0 Å². The molecule has 0 bridgehead atoms. The molecule has 0 aliphatic carbocycles. The maximum Gasteiger partial charge on any atom is 0.389 e. The number of halogens is 4. The van der Waals surface area contributed by atoms with E-state index in [0.29, 0.717) is 0 Å². The Bertz CT molecular complexity index is 409. The van der Waals surface area contributed by atoms with Crippen LogP contribution in [-0.2, 0) is 6.42 Å². The molecule has 3 nitrogen and oxygen atoms in total. The lowest BCUT2D eigenvalue weighted by Gasteiger charge is -2.17. The average Bonchev–Trinajstić information content (AvgIpc) is 2.35. The van der Waals surface area contributed by atoms with Crippen LogP contribution in [0.5, 0.6) is 5.75 Å². The van der Waals surface area contributed by atoms with Crippen molar-refractivity contribution in [2.24, 2.45) is 5.84 Å². The summed E-state index contributed by atoms with van der Waals surface area (Å²) in [5.74, 6) is 4.69. The van der Waals surface area contributed by atoms with Gasteiger partial charge in [0.1, 0.15) is 0 Å². The van der Waals surface area contributed by atoms with Crippen molar-refractivity contribution in [1.29, 1.82) is 0 Å². The zero-order valence-corrected chi connectivity index (χ0v) is 10.4. The van der Waals surface area contributed by atoms with Crippen molar-refractivity contribution >= 4 is 0 Å². The Kier molecular flexibility index (Phi) is 5.56. The topological polar surface area (TPSA) is 47.3 Å². The summed E-state index contributed by atoms with van der Waals surface area (Å²) in [7, 11) is 1.32. The van der Waals surface area contributed by atoms with Gasteiger partial charge in [-0.25, -0.2) is 4.39 Å². The van der Waals surface area contributed by atoms with Gasteiger partial charge in [-0.2, -0.15) is 13.2 Å². The Balaban J connectivity index is 2.70. The highest BCUT2D eigenvalue weighted by Crippen LogP contribution is 2.25. The first kappa shape index (κ1) is 15.7. The Hall–Kier alpha value is -1.34. The normalized spacial score (nSPS) is 13.4. The molecule has 108 valence electrons. The van der Waals surface area contributed by atoms with Gasteiger partial charge in [-0.3, -0.25) is 11.3 Å². The molecule has 0 amide bonds. The molecule has 3 N–H and O–H groups in total. The highest BCUT2D eigenvalue weighted by Gasteiger charge is 2.28. The van der Waals surface area contributed by atoms with Gasteiger partial charge < -0.3 is 4.74 Å². The highest BCUT2D eigenvalue weighted by molar-refractivity contribution is 5.31. The minimum absolute atomic E-state index is 0.0593. The van der Waals surface area contributed by atoms with Crippen LogP contribution in [0.4, 0.5) is 17.6 Å². The summed E-state index contributed by atoms with van der Waals surface area (Å²) in [6.07, 6.45) is -5.36. The van der Waals surface area contributed by atoms with Crippen LogP contribution < -0.4 is 16.0 Å². The Labute approximate surface area is 108 Å². The number of hydrogen-bond acceptors (Lipinski definition) is 3. The third-order valence-electron chi connectivity index (χ3n) is 2.74. The van der Waals surface area contributed by atoms with Gasteiger partial charge in [0.15, 0.2) is 11.6 Å². The van der Waals surface area contributed by atoms with E-state index in [1.54, 1.807) is 6.07 Å². The Morgan fingerprint density at radius 3 is 2.58 bits per heavy atom. The fraction of sp³-hybridized carbons (Fsp3) is 0.500. The van der Waals surface area contributed by atoms with E-state index in [4.69, 9.17) is 10.6 Å². The second-order valence-corrected chi connectivity index (χ2v) is 4.15. The lowest BCUT2D eigenvalue weighted by atomic mass is 10.0. The molecule has 0 aromatic heterocycles. The van der Waals surface area contributed by atoms with E-state index in [1.807, 2.05) is 0 Å². The van der Waals surface area contributed by atoms with Crippen molar-refractivity contribution in [2.45, 2.75) is 31.5 Å². The molecular weight excluding hydrogens is 264 g/mol. The molecule has 0 saturated heterocycles. The maximum atomic E-state index is 13.8. The average molecular weight is 280 g/mol. The van der Waals surface area contributed by atoms with Crippen molar-refractivity contribution in [3.8, 4) is 5.75 Å². The first-order valence-electron chi connectivity index (χ1n) is 5.71. The number of nitrogens with two attached hydrogens (primary N) is 1. The van der Waals surface area contributed by atoms with E-state index < -0.39 is 24.5 Å². The van der Waals surface area contributed by atoms with E-state index >= 15 is 0 Å². The quantitative estimate of drug-likeness (QED) is 0.478. The molecule has 0 aliphatic rings.